The zero-order chi connectivity index (χ0) is 28.8. The second-order valence-electron chi connectivity index (χ2n) is 9.41. The van der Waals surface area contributed by atoms with Crippen LogP contribution in [0, 0.1) is 6.92 Å². The minimum atomic E-state index is -1.19. The van der Waals surface area contributed by atoms with Crippen LogP contribution in [-0.4, -0.2) is 12.1 Å². The van der Waals surface area contributed by atoms with Crippen LogP contribution in [0.4, 0.5) is 4.79 Å². The highest BCUT2D eigenvalue weighted by Gasteiger charge is 2.27. The molecular weight excluding hydrogens is 542 g/mol. The second kappa shape index (κ2) is 12.5. The van der Waals surface area contributed by atoms with E-state index in [1.165, 1.54) is 6.07 Å². The fourth-order valence-corrected chi connectivity index (χ4v) is 4.65. The predicted molar refractivity (Wildman–Crippen MR) is 156 cm³/mol. The van der Waals surface area contributed by atoms with Gasteiger partial charge in [-0.2, -0.15) is 0 Å². The van der Waals surface area contributed by atoms with E-state index in [0.717, 1.165) is 16.7 Å². The molecule has 4 aromatic carbocycles. The molecule has 0 fully saturated rings. The number of alkyl carbamates (subject to hydrolysis) is 1. The van der Waals surface area contributed by atoms with Gasteiger partial charge < -0.3 is 19.2 Å². The Kier molecular flexibility index (Phi) is 8.46. The molecule has 0 aliphatic carbocycles. The van der Waals surface area contributed by atoms with E-state index in [1.54, 1.807) is 36.4 Å². The molecule has 206 valence electrons. The van der Waals surface area contributed by atoms with E-state index < -0.39 is 23.7 Å². The van der Waals surface area contributed by atoms with Gasteiger partial charge in [-0.15, -0.1) is 0 Å². The summed E-state index contributed by atoms with van der Waals surface area (Å²) in [5.41, 5.74) is 3.25. The molecular formula is C33H26ClNO6. The predicted octanol–water partition coefficient (Wildman–Crippen LogP) is 6.92. The van der Waals surface area contributed by atoms with Crippen molar-refractivity contribution >= 4 is 34.6 Å². The number of aryl methyl sites for hydroxylation is 1. The molecule has 41 heavy (non-hydrogen) atoms. The maximum Gasteiger partial charge on any atom is 0.408 e. The first-order valence-electron chi connectivity index (χ1n) is 12.9. The first-order valence-corrected chi connectivity index (χ1v) is 13.3. The van der Waals surface area contributed by atoms with Crippen LogP contribution in [0.1, 0.15) is 33.9 Å². The van der Waals surface area contributed by atoms with Crippen molar-refractivity contribution < 1.29 is 23.5 Å². The van der Waals surface area contributed by atoms with Gasteiger partial charge in [-0.05, 0) is 35.2 Å². The van der Waals surface area contributed by atoms with Crippen LogP contribution in [0.3, 0.4) is 0 Å². The van der Waals surface area contributed by atoms with Gasteiger partial charge >= 0.3 is 17.7 Å². The third kappa shape index (κ3) is 6.65. The Hall–Kier alpha value is -4.88. The number of carbonyl (C=O) groups excluding carboxylic acids is 2. The third-order valence-electron chi connectivity index (χ3n) is 6.62. The van der Waals surface area contributed by atoms with Gasteiger partial charge in [0.15, 0.2) is 11.8 Å². The van der Waals surface area contributed by atoms with Crippen molar-refractivity contribution in [3.05, 3.63) is 146 Å². The average molecular weight is 568 g/mol. The molecule has 0 aliphatic heterocycles. The number of halogens is 1. The van der Waals surface area contributed by atoms with Crippen LogP contribution in [0.25, 0.3) is 11.0 Å². The fourth-order valence-electron chi connectivity index (χ4n) is 4.45. The van der Waals surface area contributed by atoms with Gasteiger partial charge in [-0.25, -0.2) is 14.4 Å². The minimum Gasteiger partial charge on any atom is -0.445 e. The normalized spacial score (nSPS) is 11.6. The Morgan fingerprint density at radius 2 is 1.49 bits per heavy atom. The molecule has 0 radical (unpaired) electrons. The van der Waals surface area contributed by atoms with Gasteiger partial charge in [0.2, 0.25) is 0 Å². The van der Waals surface area contributed by atoms with Crippen molar-refractivity contribution in [2.75, 3.05) is 0 Å². The summed E-state index contributed by atoms with van der Waals surface area (Å²) < 4.78 is 16.6. The fraction of sp³-hybridized carbons (Fsp3) is 0.121. The summed E-state index contributed by atoms with van der Waals surface area (Å²) in [5, 5.41) is 3.35. The highest BCUT2D eigenvalue weighted by atomic mass is 35.5. The number of rotatable bonds is 8. The first-order chi connectivity index (χ1) is 19.9. The van der Waals surface area contributed by atoms with Crippen molar-refractivity contribution in [1.29, 1.82) is 0 Å². The zero-order valence-electron chi connectivity index (χ0n) is 22.1. The number of hydrogen-bond acceptors (Lipinski definition) is 6. The lowest BCUT2D eigenvalue weighted by molar-refractivity contribution is -0.136. The lowest BCUT2D eigenvalue weighted by Crippen LogP contribution is -2.36. The third-order valence-corrected chi connectivity index (χ3v) is 6.91. The number of carbonyl (C=O) groups is 2. The summed E-state index contributed by atoms with van der Waals surface area (Å²) in [6, 6.07) is 29.2. The molecule has 7 nitrogen and oxygen atoms in total. The minimum absolute atomic E-state index is 0.0112. The van der Waals surface area contributed by atoms with E-state index in [2.05, 4.69) is 5.32 Å². The molecule has 5 rings (SSSR count). The smallest absolute Gasteiger partial charge is 0.408 e. The molecule has 0 aliphatic rings. The quantitative estimate of drug-likeness (QED) is 0.124. The zero-order valence-corrected chi connectivity index (χ0v) is 22.9. The summed E-state index contributed by atoms with van der Waals surface area (Å²) >= 11 is 6.54. The summed E-state index contributed by atoms with van der Waals surface area (Å²) in [7, 11) is 0. The van der Waals surface area contributed by atoms with Crippen LogP contribution in [0.5, 0.6) is 5.75 Å². The van der Waals surface area contributed by atoms with E-state index >= 15 is 0 Å². The van der Waals surface area contributed by atoms with Crippen LogP contribution < -0.4 is 15.7 Å². The molecule has 1 aromatic heterocycles. The highest BCUT2D eigenvalue weighted by molar-refractivity contribution is 6.33. The lowest BCUT2D eigenvalue weighted by Gasteiger charge is -2.18. The number of benzene rings is 4. The monoisotopic (exact) mass is 567 g/mol. The lowest BCUT2D eigenvalue weighted by atomic mass is 9.99. The van der Waals surface area contributed by atoms with Gasteiger partial charge in [0.1, 0.15) is 12.2 Å². The van der Waals surface area contributed by atoms with E-state index in [4.69, 9.17) is 25.5 Å². The van der Waals surface area contributed by atoms with Crippen molar-refractivity contribution in [2.24, 2.45) is 0 Å². The highest BCUT2D eigenvalue weighted by Crippen LogP contribution is 2.33. The van der Waals surface area contributed by atoms with Gasteiger partial charge in [0.25, 0.3) is 0 Å². The molecule has 0 spiro atoms. The van der Waals surface area contributed by atoms with E-state index in [-0.39, 0.29) is 23.0 Å². The molecule has 0 bridgehead atoms. The van der Waals surface area contributed by atoms with Crippen molar-refractivity contribution in [3.8, 4) is 5.75 Å². The standard InChI is InChI=1S/C33H26ClNO6/c1-21-25-18-27(34)29(19-28(25)40-31(36)26(21)17-22-11-5-2-6-12-22)41-32(37)30(24-15-9-4-10-16-24)35-33(38)39-20-23-13-7-3-8-14-23/h2-16,18-19,30H,17,20H2,1H3,(H,35,38)/t30-/m1/s1. The van der Waals surface area contributed by atoms with Gasteiger partial charge in [0, 0.05) is 23.4 Å². The van der Waals surface area contributed by atoms with Crippen LogP contribution in [-0.2, 0) is 22.6 Å². The van der Waals surface area contributed by atoms with Crippen LogP contribution in [0.15, 0.2) is 112 Å². The molecule has 1 amide bonds. The van der Waals surface area contributed by atoms with Crippen molar-refractivity contribution in [2.45, 2.75) is 26.0 Å². The number of amides is 1. The summed E-state index contributed by atoms with van der Waals surface area (Å²) in [5.74, 6) is -0.809. The Bertz CT molecular complexity index is 1740. The molecule has 0 unspecified atom stereocenters. The van der Waals surface area contributed by atoms with Crippen molar-refractivity contribution in [1.82, 2.24) is 5.32 Å². The summed E-state index contributed by atoms with van der Waals surface area (Å²) in [6.07, 6.45) is -0.388. The van der Waals surface area contributed by atoms with Gasteiger partial charge in [-0.1, -0.05) is 103 Å². The number of ether oxygens (including phenoxy) is 2. The van der Waals surface area contributed by atoms with Gasteiger partial charge in [0.05, 0.1) is 5.02 Å². The molecule has 0 saturated heterocycles. The molecule has 1 atom stereocenters. The Balaban J connectivity index is 1.38. The molecule has 0 saturated carbocycles. The number of hydrogen-bond donors (Lipinski definition) is 1. The van der Waals surface area contributed by atoms with Gasteiger partial charge in [-0.3, -0.25) is 0 Å². The summed E-state index contributed by atoms with van der Waals surface area (Å²) in [4.78, 5) is 38.9. The topological polar surface area (TPSA) is 94.8 Å². The SMILES string of the molecule is Cc1c(Cc2ccccc2)c(=O)oc2cc(OC(=O)[C@H](NC(=O)OCc3ccccc3)c3ccccc3)c(Cl)cc12. The first kappa shape index (κ1) is 27.7. The Labute approximate surface area is 241 Å². The van der Waals surface area contributed by atoms with E-state index in [0.29, 0.717) is 22.9 Å². The van der Waals surface area contributed by atoms with E-state index in [1.807, 2.05) is 67.6 Å². The Morgan fingerprint density at radius 1 is 0.878 bits per heavy atom. The Morgan fingerprint density at radius 3 is 2.15 bits per heavy atom. The molecule has 1 N–H and O–H groups in total. The molecule has 8 heteroatoms. The van der Waals surface area contributed by atoms with E-state index in [9.17, 15) is 14.4 Å². The van der Waals surface area contributed by atoms with Crippen molar-refractivity contribution in [3.63, 3.8) is 0 Å². The maximum atomic E-state index is 13.4. The largest absolute Gasteiger partial charge is 0.445 e. The molecule has 1 heterocycles. The number of fused-ring (bicyclic) bond motifs is 1. The number of esters is 1. The summed E-state index contributed by atoms with van der Waals surface area (Å²) in [6.45, 7) is 1.86. The van der Waals surface area contributed by atoms with Crippen LogP contribution >= 0.6 is 11.6 Å². The average Bonchev–Trinajstić information content (AvgIpc) is 2.99. The second-order valence-corrected chi connectivity index (χ2v) is 9.81. The molecule has 5 aromatic rings. The number of nitrogens with one attached hydrogen (secondary N) is 1. The van der Waals surface area contributed by atoms with Crippen LogP contribution in [0.2, 0.25) is 5.02 Å². The maximum absolute atomic E-state index is 13.4.